The summed E-state index contributed by atoms with van der Waals surface area (Å²) in [6.07, 6.45) is 83.3. The van der Waals surface area contributed by atoms with Crippen molar-refractivity contribution in [2.24, 2.45) is 17.8 Å². The van der Waals surface area contributed by atoms with Crippen LogP contribution in [0.25, 0.3) is 0 Å². The minimum absolute atomic E-state index is 0.109. The molecule has 0 amide bonds. The molecule has 5 unspecified atom stereocenters. The Hall–Kier alpha value is -1.94. The van der Waals surface area contributed by atoms with Crippen molar-refractivity contribution in [2.45, 2.75) is 548 Å². The van der Waals surface area contributed by atoms with Gasteiger partial charge in [-0.05, 0) is 43.4 Å². The third kappa shape index (κ3) is 87.3. The number of carbonyl (C=O) groups is 4. The zero-order valence-electron chi connectivity index (χ0n) is 77.7. The lowest BCUT2D eigenvalue weighted by Gasteiger charge is -2.21. The van der Waals surface area contributed by atoms with E-state index in [-0.39, 0.29) is 25.7 Å². The zero-order chi connectivity index (χ0) is 85.7. The number of hydrogen-bond donors (Lipinski definition) is 3. The number of esters is 4. The van der Waals surface area contributed by atoms with Crippen LogP contribution in [0.2, 0.25) is 0 Å². The standard InChI is InChI=1S/C98H192O17P2/c1-8-12-13-14-15-16-41-51-58-65-72-79-95(100)108-85-93(114-97(102)81-74-67-60-53-46-39-33-27-21-18-24-30-36-43-49-56-63-70-77-90(6)10-3)87-112-116(104,105)110-83-92(99)84-111-117(106,107)113-88-94(115-98(103)82-75-68-61-54-47-40-34-28-22-19-25-31-37-44-50-57-64-71-78-91(7)11-4)86-109-96(101)80-73-66-59-52-45-38-32-26-20-17-23-29-35-42-48-55-62-69-76-89(5)9-2/h89-94,99H,8-88H2,1-7H3,(H,104,105)(H,106,107)/t89?,90?,91?,92-,93+,94+/m0/s1. The van der Waals surface area contributed by atoms with Gasteiger partial charge in [0.15, 0.2) is 12.2 Å². The molecule has 0 fully saturated rings. The minimum atomic E-state index is -4.97. The predicted octanol–water partition coefficient (Wildman–Crippen LogP) is 30.8. The Bertz CT molecular complexity index is 2240. The molecule has 0 saturated carbocycles. The number of carbonyl (C=O) groups excluding carboxylic acids is 4. The van der Waals surface area contributed by atoms with Crippen LogP contribution in [0, 0.1) is 17.8 Å². The van der Waals surface area contributed by atoms with E-state index in [2.05, 4.69) is 48.5 Å². The molecule has 0 aromatic heterocycles. The first-order chi connectivity index (χ1) is 56.8. The van der Waals surface area contributed by atoms with Crippen LogP contribution in [0.1, 0.15) is 530 Å². The van der Waals surface area contributed by atoms with Gasteiger partial charge in [-0.3, -0.25) is 37.3 Å². The maximum Gasteiger partial charge on any atom is 0.472 e. The molecule has 0 spiro atoms. The van der Waals surface area contributed by atoms with Crippen LogP contribution in [-0.4, -0.2) is 96.7 Å². The Balaban J connectivity index is 5.22. The summed E-state index contributed by atoms with van der Waals surface area (Å²) in [6, 6.07) is 0. The van der Waals surface area contributed by atoms with Crippen molar-refractivity contribution in [1.29, 1.82) is 0 Å². The normalized spacial score (nSPS) is 14.4. The average Bonchev–Trinajstić information content (AvgIpc) is 0.898. The van der Waals surface area contributed by atoms with Crippen LogP contribution >= 0.6 is 15.6 Å². The van der Waals surface area contributed by atoms with Crippen LogP contribution in [0.4, 0.5) is 0 Å². The number of aliphatic hydroxyl groups excluding tert-OH is 1. The van der Waals surface area contributed by atoms with E-state index < -0.39 is 97.5 Å². The van der Waals surface area contributed by atoms with Gasteiger partial charge in [0.05, 0.1) is 26.4 Å². The van der Waals surface area contributed by atoms with Gasteiger partial charge in [-0.2, -0.15) is 0 Å². The molecule has 17 nitrogen and oxygen atoms in total. The summed E-state index contributed by atoms with van der Waals surface area (Å²) in [4.78, 5) is 73.6. The van der Waals surface area contributed by atoms with Crippen LogP contribution in [0.3, 0.4) is 0 Å². The lowest BCUT2D eigenvalue weighted by molar-refractivity contribution is -0.161. The van der Waals surface area contributed by atoms with E-state index in [1.165, 1.54) is 340 Å². The van der Waals surface area contributed by atoms with Crippen molar-refractivity contribution < 1.29 is 80.2 Å². The number of phosphoric acid groups is 2. The first kappa shape index (κ1) is 115. The Morgan fingerprint density at radius 1 is 0.239 bits per heavy atom. The van der Waals surface area contributed by atoms with E-state index in [9.17, 15) is 43.2 Å². The highest BCUT2D eigenvalue weighted by Gasteiger charge is 2.31. The smallest absolute Gasteiger partial charge is 0.462 e. The molecule has 0 rings (SSSR count). The zero-order valence-corrected chi connectivity index (χ0v) is 79.5. The van der Waals surface area contributed by atoms with Gasteiger partial charge in [0.25, 0.3) is 0 Å². The van der Waals surface area contributed by atoms with Crippen molar-refractivity contribution in [3.63, 3.8) is 0 Å². The number of hydrogen-bond acceptors (Lipinski definition) is 15. The summed E-state index contributed by atoms with van der Waals surface area (Å²) in [7, 11) is -9.94. The van der Waals surface area contributed by atoms with Crippen LogP contribution in [0.5, 0.6) is 0 Å². The molecule has 0 aliphatic carbocycles. The fourth-order valence-electron chi connectivity index (χ4n) is 15.4. The van der Waals surface area contributed by atoms with E-state index in [1.54, 1.807) is 0 Å². The van der Waals surface area contributed by atoms with Crippen molar-refractivity contribution in [2.75, 3.05) is 39.6 Å². The van der Waals surface area contributed by atoms with Gasteiger partial charge in [0.1, 0.15) is 19.3 Å². The molecule has 8 atom stereocenters. The highest BCUT2D eigenvalue weighted by atomic mass is 31.2. The van der Waals surface area contributed by atoms with Gasteiger partial charge < -0.3 is 33.8 Å². The van der Waals surface area contributed by atoms with Crippen molar-refractivity contribution >= 4 is 39.5 Å². The van der Waals surface area contributed by atoms with Crippen LogP contribution in [0.15, 0.2) is 0 Å². The van der Waals surface area contributed by atoms with E-state index >= 15 is 0 Å². The molecule has 3 N–H and O–H groups in total. The number of phosphoric ester groups is 2. The van der Waals surface area contributed by atoms with Gasteiger partial charge >= 0.3 is 39.5 Å². The summed E-state index contributed by atoms with van der Waals surface area (Å²) < 4.78 is 69.3. The molecule has 0 bridgehead atoms. The maximum atomic E-state index is 13.2. The molecular weight excluding hydrogens is 1510 g/mol. The molecule has 0 aliphatic heterocycles. The van der Waals surface area contributed by atoms with Crippen molar-refractivity contribution in [3.8, 4) is 0 Å². The topological polar surface area (TPSA) is 237 Å². The molecule has 0 radical (unpaired) electrons. The van der Waals surface area contributed by atoms with Crippen LogP contribution < -0.4 is 0 Å². The Morgan fingerprint density at radius 2 is 0.410 bits per heavy atom. The number of unbranched alkanes of at least 4 members (excludes halogenated alkanes) is 61. The second-order valence-corrected chi connectivity index (χ2v) is 38.8. The lowest BCUT2D eigenvalue weighted by atomic mass is 9.99. The van der Waals surface area contributed by atoms with E-state index in [0.717, 1.165) is 108 Å². The van der Waals surface area contributed by atoms with E-state index in [1.807, 2.05) is 0 Å². The molecule has 19 heteroatoms. The van der Waals surface area contributed by atoms with Gasteiger partial charge in [0, 0.05) is 25.7 Å². The van der Waals surface area contributed by atoms with Gasteiger partial charge in [-0.15, -0.1) is 0 Å². The highest BCUT2D eigenvalue weighted by molar-refractivity contribution is 7.47. The fourth-order valence-corrected chi connectivity index (χ4v) is 17.0. The molecule has 0 aliphatic rings. The fraction of sp³-hybridized carbons (Fsp3) is 0.959. The molecular formula is C98H192O17P2. The monoisotopic (exact) mass is 1700 g/mol. The molecule has 0 heterocycles. The van der Waals surface area contributed by atoms with Gasteiger partial charge in [0.2, 0.25) is 0 Å². The second kappa shape index (κ2) is 87.5. The molecule has 117 heavy (non-hydrogen) atoms. The Morgan fingerprint density at radius 3 is 0.607 bits per heavy atom. The third-order valence-corrected chi connectivity index (χ3v) is 26.1. The molecule has 0 aromatic carbocycles. The number of rotatable bonds is 96. The Labute approximate surface area is 721 Å². The summed E-state index contributed by atoms with van der Waals surface area (Å²) in [5.41, 5.74) is 0. The largest absolute Gasteiger partial charge is 0.472 e. The SMILES string of the molecule is CCCCCCCCCCCCCC(=O)OC[C@H](COP(=O)(O)OC[C@H](O)COP(=O)(O)OC[C@@H](COC(=O)CCCCCCCCCCCCCCCCCCCCC(C)CC)OC(=O)CCCCCCCCCCCCCCCCCCCCC(C)CC)OC(=O)CCCCCCCCCCCCCCCCCCCCC(C)CC. The summed E-state index contributed by atoms with van der Waals surface area (Å²) >= 11 is 0. The first-order valence-electron chi connectivity index (χ1n) is 50.5. The summed E-state index contributed by atoms with van der Waals surface area (Å²) in [5.74, 6) is 0.526. The number of aliphatic hydroxyl groups is 1. The first-order valence-corrected chi connectivity index (χ1v) is 53.5. The van der Waals surface area contributed by atoms with E-state index in [4.69, 9.17) is 37.0 Å². The molecule has 0 saturated heterocycles. The van der Waals surface area contributed by atoms with Crippen molar-refractivity contribution in [1.82, 2.24) is 0 Å². The Kier molecular flexibility index (Phi) is 86.1. The second-order valence-electron chi connectivity index (χ2n) is 35.9. The molecule has 696 valence electrons. The third-order valence-electron chi connectivity index (χ3n) is 24.2. The highest BCUT2D eigenvalue weighted by Crippen LogP contribution is 2.45. The van der Waals surface area contributed by atoms with Crippen molar-refractivity contribution in [3.05, 3.63) is 0 Å². The van der Waals surface area contributed by atoms with Crippen LogP contribution in [-0.2, 0) is 65.4 Å². The average molecular weight is 1700 g/mol. The maximum absolute atomic E-state index is 13.2. The number of ether oxygens (including phenoxy) is 4. The predicted molar refractivity (Wildman–Crippen MR) is 488 cm³/mol. The quantitative estimate of drug-likeness (QED) is 0.0222. The molecule has 0 aromatic rings. The van der Waals surface area contributed by atoms with Gasteiger partial charge in [-0.25, -0.2) is 9.13 Å². The lowest BCUT2D eigenvalue weighted by Crippen LogP contribution is -2.30. The van der Waals surface area contributed by atoms with E-state index in [0.29, 0.717) is 25.7 Å². The summed E-state index contributed by atoms with van der Waals surface area (Å²) in [5, 5.41) is 10.7. The van der Waals surface area contributed by atoms with Gasteiger partial charge in [-0.1, -0.05) is 479 Å². The minimum Gasteiger partial charge on any atom is -0.462 e. The summed E-state index contributed by atoms with van der Waals surface area (Å²) in [6.45, 7) is 12.3.